The van der Waals surface area contributed by atoms with Gasteiger partial charge >= 0.3 is 0 Å². The summed E-state index contributed by atoms with van der Waals surface area (Å²) in [6.07, 6.45) is -0.331. The van der Waals surface area contributed by atoms with Gasteiger partial charge in [0.1, 0.15) is 18.2 Å². The molecule has 1 spiro atoms. The summed E-state index contributed by atoms with van der Waals surface area (Å²) in [5.74, 6) is 0.881. The number of aliphatic imine (C=N–C) groups is 1. The van der Waals surface area contributed by atoms with E-state index in [1.807, 2.05) is 6.07 Å². The Bertz CT molecular complexity index is 2730. The number of amidine groups is 1. The summed E-state index contributed by atoms with van der Waals surface area (Å²) < 4.78 is 0. The van der Waals surface area contributed by atoms with Crippen LogP contribution in [-0.2, 0) is 5.41 Å². The fraction of sp³-hybridized carbons (Fsp3) is 0.0577. The molecule has 2 atom stereocenters. The van der Waals surface area contributed by atoms with Crippen molar-refractivity contribution in [1.29, 1.82) is 0 Å². The first-order valence-corrected chi connectivity index (χ1v) is 19.4. The number of hydrogen-bond acceptors (Lipinski definition) is 4. The normalized spacial score (nSPS) is 17.2. The minimum atomic E-state index is -0.472. The van der Waals surface area contributed by atoms with Crippen LogP contribution in [0.4, 0.5) is 17.1 Å². The van der Waals surface area contributed by atoms with Crippen LogP contribution in [0, 0.1) is 0 Å². The van der Waals surface area contributed by atoms with Gasteiger partial charge in [0.15, 0.2) is 0 Å². The van der Waals surface area contributed by atoms with E-state index in [9.17, 15) is 0 Å². The Morgan fingerprint density at radius 1 is 0.429 bits per heavy atom. The van der Waals surface area contributed by atoms with Gasteiger partial charge in [0, 0.05) is 11.3 Å². The molecule has 0 saturated heterocycles. The van der Waals surface area contributed by atoms with Crippen molar-refractivity contribution >= 4 is 22.9 Å². The van der Waals surface area contributed by atoms with E-state index in [0.29, 0.717) is 0 Å². The lowest BCUT2D eigenvalue weighted by atomic mass is 9.64. The van der Waals surface area contributed by atoms with Crippen molar-refractivity contribution in [3.8, 4) is 22.3 Å². The van der Waals surface area contributed by atoms with E-state index in [1.54, 1.807) is 0 Å². The fourth-order valence-electron chi connectivity index (χ4n) is 9.32. The van der Waals surface area contributed by atoms with Crippen LogP contribution < -0.4 is 15.5 Å². The van der Waals surface area contributed by atoms with Crippen molar-refractivity contribution in [2.75, 3.05) is 4.90 Å². The first kappa shape index (κ1) is 32.4. The molecule has 1 aliphatic carbocycles. The number of nitrogens with zero attached hydrogens (tertiary/aromatic N) is 2. The van der Waals surface area contributed by atoms with Crippen molar-refractivity contribution in [3.63, 3.8) is 0 Å². The van der Waals surface area contributed by atoms with Gasteiger partial charge in [-0.15, -0.1) is 0 Å². The average Bonchev–Trinajstić information content (AvgIpc) is 3.57. The number of para-hydroxylation sites is 3. The molecule has 2 heterocycles. The fourth-order valence-corrected chi connectivity index (χ4v) is 9.32. The van der Waals surface area contributed by atoms with Crippen LogP contribution in [0.25, 0.3) is 22.3 Å². The monoisotopic (exact) mass is 718 g/mol. The Hall–Kier alpha value is -7.01. The van der Waals surface area contributed by atoms with Crippen LogP contribution >= 0.6 is 0 Å². The van der Waals surface area contributed by atoms with Crippen LogP contribution in [0.2, 0.25) is 0 Å². The molecule has 0 aromatic heterocycles. The van der Waals surface area contributed by atoms with Gasteiger partial charge in [-0.2, -0.15) is 0 Å². The molecule has 2 aliphatic heterocycles. The Morgan fingerprint density at radius 3 is 1.71 bits per heavy atom. The predicted molar refractivity (Wildman–Crippen MR) is 229 cm³/mol. The molecule has 0 fully saturated rings. The highest BCUT2D eigenvalue weighted by Crippen LogP contribution is 2.63. The molecule has 8 aromatic rings. The van der Waals surface area contributed by atoms with Gasteiger partial charge < -0.3 is 10.2 Å². The van der Waals surface area contributed by atoms with Crippen molar-refractivity contribution in [2.24, 2.45) is 4.99 Å². The molecule has 3 aliphatic rings. The van der Waals surface area contributed by atoms with Crippen LogP contribution in [0.1, 0.15) is 51.3 Å². The Kier molecular flexibility index (Phi) is 7.58. The summed E-state index contributed by atoms with van der Waals surface area (Å²) in [6.45, 7) is 0. The average molecular weight is 719 g/mol. The molecule has 11 rings (SSSR count). The molecule has 2 N–H and O–H groups in total. The van der Waals surface area contributed by atoms with Crippen LogP contribution in [0.5, 0.6) is 0 Å². The molecule has 266 valence electrons. The summed E-state index contributed by atoms with van der Waals surface area (Å²) in [6, 6.07) is 74.7. The summed E-state index contributed by atoms with van der Waals surface area (Å²) >= 11 is 0. The van der Waals surface area contributed by atoms with Crippen LogP contribution in [0.15, 0.2) is 211 Å². The maximum atomic E-state index is 5.13. The van der Waals surface area contributed by atoms with E-state index in [4.69, 9.17) is 4.99 Å². The highest BCUT2D eigenvalue weighted by molar-refractivity contribution is 6.00. The lowest BCUT2D eigenvalue weighted by Gasteiger charge is -2.45. The largest absolute Gasteiger partial charge is 0.350 e. The Labute approximate surface area is 327 Å². The molecule has 8 aromatic carbocycles. The van der Waals surface area contributed by atoms with E-state index in [0.717, 1.165) is 28.2 Å². The van der Waals surface area contributed by atoms with Crippen molar-refractivity contribution < 1.29 is 0 Å². The van der Waals surface area contributed by atoms with Gasteiger partial charge in [0.25, 0.3) is 0 Å². The van der Waals surface area contributed by atoms with Crippen molar-refractivity contribution in [1.82, 2.24) is 10.6 Å². The van der Waals surface area contributed by atoms with E-state index in [1.165, 1.54) is 55.9 Å². The molecule has 4 nitrogen and oxygen atoms in total. The quantitative estimate of drug-likeness (QED) is 0.186. The van der Waals surface area contributed by atoms with E-state index < -0.39 is 5.41 Å². The number of hydrogen-bond donors (Lipinski definition) is 2. The molecular weight excluding hydrogens is 681 g/mol. The smallest absolute Gasteiger partial charge is 0.131 e. The van der Waals surface area contributed by atoms with Gasteiger partial charge in [-0.3, -0.25) is 5.32 Å². The molecule has 2 unspecified atom stereocenters. The SMILES string of the molecule is c1ccc(C2=NC(c3ccccc3)NC(c3cccc(-c4ccc5c(c4)-c4ccccc4C54c5ccccc5N(c5ccccc5)c5ccccc54)c3)N2)cc1. The van der Waals surface area contributed by atoms with Gasteiger partial charge in [-0.25, -0.2) is 4.99 Å². The molecule has 4 heteroatoms. The molecular formula is C52H38N4. The minimum Gasteiger partial charge on any atom is -0.350 e. The molecule has 0 amide bonds. The molecule has 0 bridgehead atoms. The molecule has 0 saturated carbocycles. The first-order valence-electron chi connectivity index (χ1n) is 19.4. The summed E-state index contributed by atoms with van der Waals surface area (Å²) in [4.78, 5) is 7.56. The van der Waals surface area contributed by atoms with E-state index in [-0.39, 0.29) is 12.3 Å². The summed E-state index contributed by atoms with van der Waals surface area (Å²) in [5, 5.41) is 7.52. The third kappa shape index (κ3) is 5.00. The lowest BCUT2D eigenvalue weighted by Crippen LogP contribution is -2.44. The van der Waals surface area contributed by atoms with Gasteiger partial charge in [0.2, 0.25) is 0 Å². The van der Waals surface area contributed by atoms with E-state index >= 15 is 0 Å². The Balaban J connectivity index is 1.04. The van der Waals surface area contributed by atoms with Crippen molar-refractivity contribution in [3.05, 3.63) is 245 Å². The number of anilines is 3. The van der Waals surface area contributed by atoms with Crippen LogP contribution in [0.3, 0.4) is 0 Å². The van der Waals surface area contributed by atoms with Gasteiger partial charge in [-0.05, 0) is 92.0 Å². The topological polar surface area (TPSA) is 39.7 Å². The lowest BCUT2D eigenvalue weighted by molar-refractivity contribution is 0.409. The zero-order valence-electron chi connectivity index (χ0n) is 30.7. The highest BCUT2D eigenvalue weighted by atomic mass is 15.3. The van der Waals surface area contributed by atoms with Crippen molar-refractivity contribution in [2.45, 2.75) is 17.7 Å². The van der Waals surface area contributed by atoms with Crippen LogP contribution in [-0.4, -0.2) is 5.84 Å². The van der Waals surface area contributed by atoms with E-state index in [2.05, 4.69) is 216 Å². The van der Waals surface area contributed by atoms with Gasteiger partial charge in [0.05, 0.1) is 16.8 Å². The second kappa shape index (κ2) is 13.1. The Morgan fingerprint density at radius 2 is 0.982 bits per heavy atom. The highest BCUT2D eigenvalue weighted by Gasteiger charge is 2.51. The standard InChI is InChI=1S/C52H38N4/c1-4-17-35(18-5-1)49-53-50(36-19-6-2-7-20-36)55-51(54-49)39-22-16-21-37(33-39)38-31-32-44-42(34-38)41-25-10-11-26-43(41)52(44)45-27-12-14-29-47(45)56(40-23-8-3-9-24-40)48-30-15-13-28-46(48)52/h1-34,49,51,54H,(H,53,55). The maximum absolute atomic E-state index is 5.13. The predicted octanol–water partition coefficient (Wildman–Crippen LogP) is 11.8. The third-order valence-corrected chi connectivity index (χ3v) is 11.7. The minimum absolute atomic E-state index is 0.144. The molecule has 56 heavy (non-hydrogen) atoms. The summed E-state index contributed by atoms with van der Waals surface area (Å²) in [5.41, 5.74) is 16.6. The number of benzene rings is 8. The summed E-state index contributed by atoms with van der Waals surface area (Å²) in [7, 11) is 0. The number of rotatable bonds is 5. The zero-order chi connectivity index (χ0) is 37.1. The molecule has 0 radical (unpaired) electrons. The second-order valence-corrected chi connectivity index (χ2v) is 14.8. The number of fused-ring (bicyclic) bond motifs is 9. The third-order valence-electron chi connectivity index (χ3n) is 11.7. The number of nitrogens with one attached hydrogen (secondary N) is 2. The van der Waals surface area contributed by atoms with Gasteiger partial charge in [-0.1, -0.05) is 170 Å². The zero-order valence-corrected chi connectivity index (χ0v) is 30.7. The second-order valence-electron chi connectivity index (χ2n) is 14.8. The first-order chi connectivity index (χ1) is 27.8. The maximum Gasteiger partial charge on any atom is 0.131 e.